The summed E-state index contributed by atoms with van der Waals surface area (Å²) in [5.41, 5.74) is 2.55. The molecule has 0 aliphatic carbocycles. The Morgan fingerprint density at radius 1 is 1.24 bits per heavy atom. The first-order chi connectivity index (χ1) is 8.08. The van der Waals surface area contributed by atoms with Crippen LogP contribution in [0.2, 0.25) is 5.02 Å². The fourth-order valence-electron chi connectivity index (χ4n) is 2.13. The molecule has 1 N–H and O–H groups in total. The Balaban J connectivity index is 2.94. The van der Waals surface area contributed by atoms with E-state index in [1.54, 1.807) is 0 Å². The van der Waals surface area contributed by atoms with Gasteiger partial charge in [0.15, 0.2) is 0 Å². The Kier molecular flexibility index (Phi) is 6.01. The Bertz CT molecular complexity index is 329. The van der Waals surface area contributed by atoms with Crippen molar-refractivity contribution in [2.45, 2.75) is 46.6 Å². The van der Waals surface area contributed by atoms with E-state index in [1.807, 2.05) is 6.07 Å². The van der Waals surface area contributed by atoms with Crippen LogP contribution in [0.5, 0.6) is 0 Å². The van der Waals surface area contributed by atoms with Gasteiger partial charge in [0.2, 0.25) is 0 Å². The van der Waals surface area contributed by atoms with Gasteiger partial charge in [-0.05, 0) is 49.1 Å². The van der Waals surface area contributed by atoms with Gasteiger partial charge in [-0.1, -0.05) is 44.9 Å². The highest BCUT2D eigenvalue weighted by atomic mass is 35.5. The Hall–Kier alpha value is -0.530. The van der Waals surface area contributed by atoms with Crippen molar-refractivity contribution in [2.75, 3.05) is 6.54 Å². The average Bonchev–Trinajstić information content (AvgIpc) is 2.28. The molecular weight excluding hydrogens is 230 g/mol. The maximum atomic E-state index is 6.15. The maximum absolute atomic E-state index is 6.15. The molecule has 0 fully saturated rings. The van der Waals surface area contributed by atoms with Gasteiger partial charge in [-0.15, -0.1) is 0 Å². The molecule has 2 heteroatoms. The number of benzene rings is 1. The first kappa shape index (κ1) is 14.5. The second-order valence-corrected chi connectivity index (χ2v) is 5.32. The Morgan fingerprint density at radius 2 is 1.94 bits per heavy atom. The molecule has 0 heterocycles. The molecule has 0 amide bonds. The second-order valence-electron chi connectivity index (χ2n) is 4.88. The summed E-state index contributed by atoms with van der Waals surface area (Å²) in [6.45, 7) is 9.89. The van der Waals surface area contributed by atoms with Crippen molar-refractivity contribution in [3.05, 3.63) is 34.3 Å². The lowest BCUT2D eigenvalue weighted by atomic mass is 9.91. The molecule has 0 radical (unpaired) electrons. The van der Waals surface area contributed by atoms with Crippen molar-refractivity contribution in [1.29, 1.82) is 0 Å². The molecule has 2 atom stereocenters. The molecule has 1 aromatic rings. The van der Waals surface area contributed by atoms with Crippen molar-refractivity contribution in [3.63, 3.8) is 0 Å². The highest BCUT2D eigenvalue weighted by Crippen LogP contribution is 2.27. The van der Waals surface area contributed by atoms with Gasteiger partial charge >= 0.3 is 0 Å². The van der Waals surface area contributed by atoms with Crippen LogP contribution >= 0.6 is 11.6 Å². The summed E-state index contributed by atoms with van der Waals surface area (Å²) >= 11 is 6.15. The fourth-order valence-corrected chi connectivity index (χ4v) is 2.43. The lowest BCUT2D eigenvalue weighted by molar-refractivity contribution is 0.377. The number of rotatable bonds is 6. The highest BCUT2D eigenvalue weighted by molar-refractivity contribution is 6.30. The zero-order valence-electron chi connectivity index (χ0n) is 11.4. The lowest BCUT2D eigenvalue weighted by Gasteiger charge is -2.25. The smallest absolute Gasteiger partial charge is 0.0411 e. The van der Waals surface area contributed by atoms with Crippen LogP contribution in [0.4, 0.5) is 0 Å². The molecule has 0 saturated carbocycles. The fraction of sp³-hybridized carbons (Fsp3) is 0.600. The predicted molar refractivity (Wildman–Crippen MR) is 76.7 cm³/mol. The summed E-state index contributed by atoms with van der Waals surface area (Å²) in [7, 11) is 0. The van der Waals surface area contributed by atoms with Crippen LogP contribution in [0.1, 0.15) is 50.8 Å². The van der Waals surface area contributed by atoms with Crippen molar-refractivity contribution < 1.29 is 0 Å². The summed E-state index contributed by atoms with van der Waals surface area (Å²) < 4.78 is 0. The van der Waals surface area contributed by atoms with E-state index in [9.17, 15) is 0 Å². The maximum Gasteiger partial charge on any atom is 0.0411 e. The quantitative estimate of drug-likeness (QED) is 0.773. The molecule has 0 bridgehead atoms. The van der Waals surface area contributed by atoms with Crippen LogP contribution in [-0.4, -0.2) is 6.54 Å². The topological polar surface area (TPSA) is 12.0 Å². The number of hydrogen-bond donors (Lipinski definition) is 1. The molecule has 1 nitrogen and oxygen atoms in total. The third-order valence-electron chi connectivity index (χ3n) is 3.25. The third kappa shape index (κ3) is 4.33. The number of hydrogen-bond acceptors (Lipinski definition) is 1. The van der Waals surface area contributed by atoms with Crippen LogP contribution in [0.3, 0.4) is 0 Å². The minimum Gasteiger partial charge on any atom is -0.310 e. The SMILES string of the molecule is CCCNC(c1cc(C)cc(Cl)c1)C(C)CC. The van der Waals surface area contributed by atoms with Gasteiger partial charge < -0.3 is 5.32 Å². The molecule has 0 aliphatic rings. The third-order valence-corrected chi connectivity index (χ3v) is 3.47. The minimum absolute atomic E-state index is 0.414. The molecule has 1 aromatic carbocycles. The van der Waals surface area contributed by atoms with Crippen molar-refractivity contribution in [3.8, 4) is 0 Å². The summed E-state index contributed by atoms with van der Waals surface area (Å²) in [6, 6.07) is 6.76. The van der Waals surface area contributed by atoms with E-state index in [2.05, 4.69) is 45.1 Å². The van der Waals surface area contributed by atoms with Crippen LogP contribution < -0.4 is 5.32 Å². The minimum atomic E-state index is 0.414. The molecule has 2 unspecified atom stereocenters. The van der Waals surface area contributed by atoms with E-state index >= 15 is 0 Å². The van der Waals surface area contributed by atoms with E-state index in [-0.39, 0.29) is 0 Å². The van der Waals surface area contributed by atoms with E-state index in [0.717, 1.165) is 18.0 Å². The molecule has 0 aromatic heterocycles. The first-order valence-corrected chi connectivity index (χ1v) is 6.96. The summed E-state index contributed by atoms with van der Waals surface area (Å²) in [4.78, 5) is 0. The van der Waals surface area contributed by atoms with Crippen LogP contribution in [0.15, 0.2) is 18.2 Å². The number of halogens is 1. The molecule has 17 heavy (non-hydrogen) atoms. The van der Waals surface area contributed by atoms with Crippen molar-refractivity contribution >= 4 is 11.6 Å². The van der Waals surface area contributed by atoms with Crippen LogP contribution in [-0.2, 0) is 0 Å². The molecule has 0 spiro atoms. The van der Waals surface area contributed by atoms with Gasteiger partial charge in [0.1, 0.15) is 0 Å². The molecular formula is C15H24ClN. The summed E-state index contributed by atoms with van der Waals surface area (Å²) in [5, 5.41) is 4.47. The van der Waals surface area contributed by atoms with Gasteiger partial charge in [0.05, 0.1) is 0 Å². The number of nitrogens with one attached hydrogen (secondary N) is 1. The normalized spacial score (nSPS) is 14.6. The van der Waals surface area contributed by atoms with E-state index in [1.165, 1.54) is 17.5 Å². The van der Waals surface area contributed by atoms with Gasteiger partial charge in [0.25, 0.3) is 0 Å². The monoisotopic (exact) mass is 253 g/mol. The standard InChI is InChI=1S/C15H24ClN/c1-5-7-17-15(12(4)6-2)13-8-11(3)9-14(16)10-13/h8-10,12,15,17H,5-7H2,1-4H3. The number of aryl methyl sites for hydroxylation is 1. The van der Waals surface area contributed by atoms with Gasteiger partial charge in [0, 0.05) is 11.1 Å². The van der Waals surface area contributed by atoms with E-state index in [4.69, 9.17) is 11.6 Å². The Labute approximate surface area is 111 Å². The second kappa shape index (κ2) is 7.03. The molecule has 0 saturated heterocycles. The zero-order chi connectivity index (χ0) is 12.8. The lowest BCUT2D eigenvalue weighted by Crippen LogP contribution is -2.27. The van der Waals surface area contributed by atoms with Crippen molar-refractivity contribution in [2.24, 2.45) is 5.92 Å². The van der Waals surface area contributed by atoms with Crippen molar-refractivity contribution in [1.82, 2.24) is 5.32 Å². The van der Waals surface area contributed by atoms with Gasteiger partial charge in [-0.25, -0.2) is 0 Å². The van der Waals surface area contributed by atoms with Gasteiger partial charge in [-0.3, -0.25) is 0 Å². The van der Waals surface area contributed by atoms with Gasteiger partial charge in [-0.2, -0.15) is 0 Å². The predicted octanol–water partition coefficient (Wildman–Crippen LogP) is 4.74. The molecule has 1 rings (SSSR count). The van der Waals surface area contributed by atoms with Crippen LogP contribution in [0, 0.1) is 12.8 Å². The van der Waals surface area contributed by atoms with Crippen LogP contribution in [0.25, 0.3) is 0 Å². The summed E-state index contributed by atoms with van der Waals surface area (Å²) in [6.07, 6.45) is 2.33. The molecule has 96 valence electrons. The Morgan fingerprint density at radius 3 is 2.47 bits per heavy atom. The summed E-state index contributed by atoms with van der Waals surface area (Å²) in [5.74, 6) is 0.624. The van der Waals surface area contributed by atoms with E-state index in [0.29, 0.717) is 12.0 Å². The molecule has 0 aliphatic heterocycles. The average molecular weight is 254 g/mol. The zero-order valence-corrected chi connectivity index (χ0v) is 12.1. The largest absolute Gasteiger partial charge is 0.310 e. The first-order valence-electron chi connectivity index (χ1n) is 6.59. The highest BCUT2D eigenvalue weighted by Gasteiger charge is 2.17. The van der Waals surface area contributed by atoms with E-state index < -0.39 is 0 Å².